The second kappa shape index (κ2) is 12.3. The smallest absolute Gasteiger partial charge is 0.283 e. The normalized spacial score (nSPS) is 16.9. The van der Waals surface area contributed by atoms with Gasteiger partial charge in [0.25, 0.3) is 10.0 Å². The first kappa shape index (κ1) is 30.0. The topological polar surface area (TPSA) is 90.4 Å². The van der Waals surface area contributed by atoms with Crippen LogP contribution in [0.1, 0.15) is 36.7 Å². The van der Waals surface area contributed by atoms with Crippen LogP contribution in [-0.2, 0) is 20.0 Å². The first-order valence-corrected chi connectivity index (χ1v) is 16.6. The van der Waals surface area contributed by atoms with Gasteiger partial charge in [-0.2, -0.15) is 12.7 Å². The molecule has 1 unspecified atom stereocenters. The standard InChI is InChI=1S/C29H35ClN4O4S2/c1-5-32(6-2)25-13-11-24(12-14-25)29-33(19-20-34(29)40(37,38)27-17-9-23(4)10-18-27)28(21-30)31-39(35,36)26-15-7-22(3)8-16-26/h7-18,29H,5-6,19-21H2,1-4H3/b31-28-. The molecule has 4 rings (SSSR count). The second-order valence-electron chi connectivity index (χ2n) is 9.69. The van der Waals surface area contributed by atoms with Gasteiger partial charge in [0.2, 0.25) is 10.0 Å². The number of halogens is 1. The minimum Gasteiger partial charge on any atom is -0.372 e. The maximum absolute atomic E-state index is 13.9. The Kier molecular flexibility index (Phi) is 9.24. The first-order valence-electron chi connectivity index (χ1n) is 13.2. The van der Waals surface area contributed by atoms with Gasteiger partial charge in [0.15, 0.2) is 0 Å². The fraction of sp³-hybridized carbons (Fsp3) is 0.345. The van der Waals surface area contributed by atoms with Gasteiger partial charge in [-0.15, -0.1) is 16.0 Å². The summed E-state index contributed by atoms with van der Waals surface area (Å²) in [5.41, 5.74) is 3.57. The number of amidine groups is 1. The van der Waals surface area contributed by atoms with E-state index < -0.39 is 26.2 Å². The third-order valence-corrected chi connectivity index (χ3v) is 10.5. The van der Waals surface area contributed by atoms with Crippen LogP contribution >= 0.6 is 11.6 Å². The Morgan fingerprint density at radius 2 is 1.35 bits per heavy atom. The molecular formula is C29H35ClN4O4S2. The zero-order valence-corrected chi connectivity index (χ0v) is 25.5. The number of anilines is 1. The fourth-order valence-corrected chi connectivity index (χ4v) is 7.71. The maximum Gasteiger partial charge on any atom is 0.283 e. The van der Waals surface area contributed by atoms with Gasteiger partial charge in [-0.1, -0.05) is 47.5 Å². The lowest BCUT2D eigenvalue weighted by atomic mass is 10.1. The van der Waals surface area contributed by atoms with E-state index in [1.54, 1.807) is 41.3 Å². The minimum atomic E-state index is -4.08. The summed E-state index contributed by atoms with van der Waals surface area (Å²) in [5.74, 6) is -0.126. The molecule has 1 saturated heterocycles. The molecule has 0 aromatic heterocycles. The lowest BCUT2D eigenvalue weighted by molar-refractivity contribution is 0.284. The van der Waals surface area contributed by atoms with Crippen molar-refractivity contribution in [3.63, 3.8) is 0 Å². The Morgan fingerprint density at radius 3 is 1.85 bits per heavy atom. The summed E-state index contributed by atoms with van der Waals surface area (Å²) in [7, 11) is -8.01. The van der Waals surface area contributed by atoms with Gasteiger partial charge in [0.1, 0.15) is 12.0 Å². The first-order chi connectivity index (χ1) is 19.0. The van der Waals surface area contributed by atoms with Crippen LogP contribution in [0.2, 0.25) is 0 Å². The third-order valence-electron chi connectivity index (χ3n) is 7.07. The van der Waals surface area contributed by atoms with E-state index in [1.807, 2.05) is 38.1 Å². The number of rotatable bonds is 9. The van der Waals surface area contributed by atoms with Gasteiger partial charge < -0.3 is 9.80 Å². The number of alkyl halides is 1. The van der Waals surface area contributed by atoms with E-state index in [2.05, 4.69) is 23.1 Å². The van der Waals surface area contributed by atoms with E-state index >= 15 is 0 Å². The van der Waals surface area contributed by atoms with Crippen molar-refractivity contribution < 1.29 is 16.8 Å². The fourth-order valence-electron chi connectivity index (χ4n) is 4.82. The van der Waals surface area contributed by atoms with Crippen molar-refractivity contribution in [1.82, 2.24) is 9.21 Å². The molecule has 214 valence electrons. The summed E-state index contributed by atoms with van der Waals surface area (Å²) in [5, 5.41) is 0. The van der Waals surface area contributed by atoms with Crippen LogP contribution in [0.4, 0.5) is 5.69 Å². The molecule has 3 aromatic rings. The van der Waals surface area contributed by atoms with E-state index in [0.29, 0.717) is 5.56 Å². The Hall–Kier alpha value is -2.92. The van der Waals surface area contributed by atoms with Gasteiger partial charge in [0.05, 0.1) is 15.7 Å². The van der Waals surface area contributed by atoms with Crippen LogP contribution in [0.25, 0.3) is 0 Å². The number of aryl methyl sites for hydroxylation is 2. The Labute approximate surface area is 243 Å². The molecule has 1 aliphatic rings. The van der Waals surface area contributed by atoms with Gasteiger partial charge in [-0.25, -0.2) is 8.42 Å². The molecule has 1 atom stereocenters. The van der Waals surface area contributed by atoms with Crippen molar-refractivity contribution in [2.45, 2.75) is 43.7 Å². The predicted octanol–water partition coefficient (Wildman–Crippen LogP) is 5.18. The molecule has 40 heavy (non-hydrogen) atoms. The van der Waals surface area contributed by atoms with E-state index in [1.165, 1.54) is 16.4 Å². The quantitative estimate of drug-likeness (QED) is 0.190. The van der Waals surface area contributed by atoms with Gasteiger partial charge in [-0.05, 0) is 69.7 Å². The van der Waals surface area contributed by atoms with Crippen molar-refractivity contribution in [3.05, 3.63) is 89.5 Å². The summed E-state index contributed by atoms with van der Waals surface area (Å²) in [6.45, 7) is 9.94. The molecule has 0 saturated carbocycles. The van der Waals surface area contributed by atoms with E-state index in [9.17, 15) is 16.8 Å². The summed E-state index contributed by atoms with van der Waals surface area (Å²) in [6.07, 6.45) is -0.831. The number of hydrogen-bond acceptors (Lipinski definition) is 5. The SMILES string of the molecule is CCN(CC)c1ccc(C2N(/C(CCl)=N\S(=O)(=O)c3ccc(C)cc3)CCN2S(=O)(=O)c2ccc(C)cc2)cc1. The van der Waals surface area contributed by atoms with Crippen LogP contribution < -0.4 is 4.90 Å². The molecular weight excluding hydrogens is 568 g/mol. The number of hydrogen-bond donors (Lipinski definition) is 0. The van der Waals surface area contributed by atoms with E-state index in [4.69, 9.17) is 11.6 Å². The highest BCUT2D eigenvalue weighted by molar-refractivity contribution is 7.90. The molecule has 0 amide bonds. The van der Waals surface area contributed by atoms with Crippen LogP contribution in [-0.4, -0.2) is 63.9 Å². The lowest BCUT2D eigenvalue weighted by Gasteiger charge is -2.32. The monoisotopic (exact) mass is 602 g/mol. The molecule has 0 N–H and O–H groups in total. The summed E-state index contributed by atoms with van der Waals surface area (Å²) in [6, 6.07) is 20.8. The summed E-state index contributed by atoms with van der Waals surface area (Å²) < 4.78 is 59.7. The highest BCUT2D eigenvalue weighted by Gasteiger charge is 2.42. The number of nitrogens with zero attached hydrogens (tertiary/aromatic N) is 4. The molecule has 0 spiro atoms. The van der Waals surface area contributed by atoms with Crippen LogP contribution in [0.3, 0.4) is 0 Å². The van der Waals surface area contributed by atoms with E-state index in [-0.39, 0.29) is 34.6 Å². The molecule has 1 aliphatic heterocycles. The van der Waals surface area contributed by atoms with Crippen molar-refractivity contribution in [2.24, 2.45) is 4.40 Å². The molecule has 11 heteroatoms. The minimum absolute atomic E-state index is 0.0455. The van der Waals surface area contributed by atoms with Crippen LogP contribution in [0, 0.1) is 13.8 Å². The number of benzene rings is 3. The Morgan fingerprint density at radius 1 is 0.825 bits per heavy atom. The van der Waals surface area contributed by atoms with Crippen molar-refractivity contribution in [3.8, 4) is 0 Å². The van der Waals surface area contributed by atoms with Crippen LogP contribution in [0.5, 0.6) is 0 Å². The molecule has 1 heterocycles. The highest BCUT2D eigenvalue weighted by Crippen LogP contribution is 2.36. The van der Waals surface area contributed by atoms with Gasteiger partial charge in [0, 0.05) is 31.9 Å². The average molecular weight is 603 g/mol. The zero-order valence-electron chi connectivity index (χ0n) is 23.2. The maximum atomic E-state index is 13.9. The largest absolute Gasteiger partial charge is 0.372 e. The summed E-state index contributed by atoms with van der Waals surface area (Å²) in [4.78, 5) is 4.08. The van der Waals surface area contributed by atoms with Gasteiger partial charge in [-0.3, -0.25) is 0 Å². The molecule has 3 aromatic carbocycles. The third kappa shape index (κ3) is 6.20. The molecule has 8 nitrogen and oxygen atoms in total. The van der Waals surface area contributed by atoms with Crippen molar-refractivity contribution >= 4 is 43.2 Å². The van der Waals surface area contributed by atoms with Crippen LogP contribution in [0.15, 0.2) is 87.0 Å². The average Bonchev–Trinajstić information content (AvgIpc) is 3.39. The van der Waals surface area contributed by atoms with E-state index in [0.717, 1.165) is 29.9 Å². The molecule has 1 fully saturated rings. The number of sulfonamides is 2. The predicted molar refractivity (Wildman–Crippen MR) is 161 cm³/mol. The lowest BCUT2D eigenvalue weighted by Crippen LogP contribution is -2.39. The molecule has 0 radical (unpaired) electrons. The molecule has 0 bridgehead atoms. The van der Waals surface area contributed by atoms with Crippen molar-refractivity contribution in [2.75, 3.05) is 37.0 Å². The molecule has 0 aliphatic carbocycles. The second-order valence-corrected chi connectivity index (χ2v) is 13.5. The zero-order chi connectivity index (χ0) is 29.1. The van der Waals surface area contributed by atoms with Crippen molar-refractivity contribution in [1.29, 1.82) is 0 Å². The Balaban J connectivity index is 1.80. The Bertz CT molecular complexity index is 1550. The summed E-state index contributed by atoms with van der Waals surface area (Å²) >= 11 is 6.31. The highest BCUT2D eigenvalue weighted by atomic mass is 35.5. The van der Waals surface area contributed by atoms with Gasteiger partial charge >= 0.3 is 0 Å².